The second-order valence-corrected chi connectivity index (χ2v) is 6.17. The highest BCUT2D eigenvalue weighted by atomic mass is 16.6. The number of carbonyl (C=O) groups is 2. The Hall–Kier alpha value is -0.700. The molecule has 0 radical (unpaired) electrons. The first-order valence-corrected chi connectivity index (χ1v) is 5.38. The Morgan fingerprint density at radius 2 is 1.87 bits per heavy atom. The molecule has 2 fully saturated rings. The summed E-state index contributed by atoms with van der Waals surface area (Å²) in [7, 11) is 0. The molecule has 2 unspecified atom stereocenters. The molecule has 0 aromatic heterocycles. The second kappa shape index (κ2) is 2.51. The molecule has 2 aliphatic rings. The van der Waals surface area contributed by atoms with Gasteiger partial charge in [-0.2, -0.15) is 0 Å². The van der Waals surface area contributed by atoms with Gasteiger partial charge in [-0.1, -0.05) is 27.7 Å². The molecule has 0 spiro atoms. The van der Waals surface area contributed by atoms with E-state index in [0.717, 1.165) is 6.42 Å². The van der Waals surface area contributed by atoms with E-state index in [2.05, 4.69) is 13.8 Å². The summed E-state index contributed by atoms with van der Waals surface area (Å²) in [6, 6.07) is 0. The molecule has 84 valence electrons. The number of rotatable bonds is 1. The molecular weight excluding hydrogens is 192 g/mol. The summed E-state index contributed by atoms with van der Waals surface area (Å²) in [5, 5.41) is 0. The van der Waals surface area contributed by atoms with Crippen molar-refractivity contribution in [1.29, 1.82) is 0 Å². The van der Waals surface area contributed by atoms with Gasteiger partial charge in [-0.3, -0.25) is 9.59 Å². The van der Waals surface area contributed by atoms with Gasteiger partial charge in [0.25, 0.3) is 0 Å². The third kappa shape index (κ3) is 1.16. The summed E-state index contributed by atoms with van der Waals surface area (Å²) < 4.78 is 5.49. The van der Waals surface area contributed by atoms with E-state index in [-0.39, 0.29) is 23.1 Å². The van der Waals surface area contributed by atoms with Gasteiger partial charge in [-0.15, -0.1) is 0 Å². The topological polar surface area (TPSA) is 46.7 Å². The van der Waals surface area contributed by atoms with Crippen LogP contribution in [0.15, 0.2) is 0 Å². The van der Waals surface area contributed by atoms with Gasteiger partial charge in [0.05, 0.1) is 0 Å². The van der Waals surface area contributed by atoms with Gasteiger partial charge in [0.15, 0.2) is 11.6 Å². The van der Waals surface area contributed by atoms with Crippen LogP contribution in [0.4, 0.5) is 0 Å². The van der Waals surface area contributed by atoms with Crippen LogP contribution in [0.5, 0.6) is 0 Å². The van der Waals surface area contributed by atoms with E-state index in [1.807, 2.05) is 13.8 Å². The summed E-state index contributed by atoms with van der Waals surface area (Å²) in [5.41, 5.74) is -1.66. The van der Waals surface area contributed by atoms with Crippen LogP contribution in [0.3, 0.4) is 0 Å². The molecule has 0 aromatic rings. The van der Waals surface area contributed by atoms with E-state index in [1.165, 1.54) is 6.92 Å². The van der Waals surface area contributed by atoms with Crippen molar-refractivity contribution in [2.75, 3.05) is 0 Å². The summed E-state index contributed by atoms with van der Waals surface area (Å²) in [6.07, 6.45) is 0.571. The van der Waals surface area contributed by atoms with E-state index in [0.29, 0.717) is 0 Å². The molecular formula is C12H18O3. The first kappa shape index (κ1) is 10.8. The van der Waals surface area contributed by atoms with Crippen LogP contribution < -0.4 is 0 Å². The number of hydrogen-bond acceptors (Lipinski definition) is 3. The number of fused-ring (bicyclic) bond motifs is 1. The molecule has 1 heterocycles. The molecule has 3 nitrogen and oxygen atoms in total. The average Bonchev–Trinajstić information content (AvgIpc) is 2.75. The summed E-state index contributed by atoms with van der Waals surface area (Å²) >= 11 is 0. The van der Waals surface area contributed by atoms with Gasteiger partial charge < -0.3 is 4.74 Å². The van der Waals surface area contributed by atoms with Crippen molar-refractivity contribution < 1.29 is 14.3 Å². The van der Waals surface area contributed by atoms with Gasteiger partial charge in [0.2, 0.25) is 5.60 Å². The van der Waals surface area contributed by atoms with Crippen LogP contribution in [0.25, 0.3) is 0 Å². The third-order valence-corrected chi connectivity index (χ3v) is 3.70. The summed E-state index contributed by atoms with van der Waals surface area (Å²) in [6.45, 7) is 9.39. The number of ketones is 2. The molecule has 3 heteroatoms. The molecule has 1 saturated heterocycles. The molecule has 1 aliphatic heterocycles. The molecule has 15 heavy (non-hydrogen) atoms. The standard InChI is InChI=1S/C12H18O3/c1-7(13)12-8(14)10(2,3)6-11(4,5)9(12)15-12/h9H,6H2,1-5H3. The average molecular weight is 210 g/mol. The van der Waals surface area contributed by atoms with Crippen LogP contribution in [-0.4, -0.2) is 23.3 Å². The molecule has 1 saturated carbocycles. The number of ether oxygens (including phenoxy) is 1. The van der Waals surface area contributed by atoms with Gasteiger partial charge in [-0.05, 0) is 18.8 Å². The van der Waals surface area contributed by atoms with Crippen molar-refractivity contribution in [2.24, 2.45) is 10.8 Å². The van der Waals surface area contributed by atoms with E-state index in [9.17, 15) is 9.59 Å². The molecule has 0 bridgehead atoms. The summed E-state index contributed by atoms with van der Waals surface area (Å²) in [5.74, 6) is -0.176. The van der Waals surface area contributed by atoms with Crippen molar-refractivity contribution in [3.8, 4) is 0 Å². The lowest BCUT2D eigenvalue weighted by Gasteiger charge is -2.39. The normalized spacial score (nSPS) is 40.9. The lowest BCUT2D eigenvalue weighted by molar-refractivity contribution is -0.141. The second-order valence-electron chi connectivity index (χ2n) is 6.17. The van der Waals surface area contributed by atoms with Crippen LogP contribution in [0.2, 0.25) is 0 Å². The number of epoxide rings is 1. The maximum atomic E-state index is 12.2. The Morgan fingerprint density at radius 1 is 1.33 bits per heavy atom. The minimum atomic E-state index is -1.11. The van der Waals surface area contributed by atoms with Gasteiger partial charge >= 0.3 is 0 Å². The molecule has 2 atom stereocenters. The predicted molar refractivity (Wildman–Crippen MR) is 55.5 cm³/mol. The lowest BCUT2D eigenvalue weighted by atomic mass is 9.60. The first-order valence-electron chi connectivity index (χ1n) is 5.38. The Balaban J connectivity index is 2.46. The Kier molecular flexibility index (Phi) is 1.81. The fourth-order valence-electron chi connectivity index (χ4n) is 3.28. The van der Waals surface area contributed by atoms with Gasteiger partial charge in [0, 0.05) is 5.41 Å². The third-order valence-electron chi connectivity index (χ3n) is 3.70. The number of hydrogen-bond donors (Lipinski definition) is 0. The van der Waals surface area contributed by atoms with E-state index >= 15 is 0 Å². The largest absolute Gasteiger partial charge is 0.349 e. The van der Waals surface area contributed by atoms with E-state index in [4.69, 9.17) is 4.74 Å². The van der Waals surface area contributed by atoms with Gasteiger partial charge in [0.1, 0.15) is 6.10 Å². The number of Topliss-reactive ketones (excluding diaryl/α,β-unsaturated/α-hetero) is 2. The summed E-state index contributed by atoms with van der Waals surface area (Å²) in [4.78, 5) is 23.8. The van der Waals surface area contributed by atoms with Crippen molar-refractivity contribution in [3.05, 3.63) is 0 Å². The van der Waals surface area contributed by atoms with Gasteiger partial charge in [-0.25, -0.2) is 0 Å². The monoisotopic (exact) mass is 210 g/mol. The first-order chi connectivity index (χ1) is 6.64. The highest BCUT2D eigenvalue weighted by molar-refractivity contribution is 6.15. The fraction of sp³-hybridized carbons (Fsp3) is 0.833. The van der Waals surface area contributed by atoms with E-state index < -0.39 is 11.0 Å². The minimum Gasteiger partial charge on any atom is -0.349 e. The number of carbonyl (C=O) groups excluding carboxylic acids is 2. The lowest BCUT2D eigenvalue weighted by Crippen LogP contribution is -2.52. The minimum absolute atomic E-state index is 0.0353. The van der Waals surface area contributed by atoms with Crippen molar-refractivity contribution in [2.45, 2.75) is 52.7 Å². The Labute approximate surface area is 90.2 Å². The van der Waals surface area contributed by atoms with Crippen LogP contribution in [0, 0.1) is 10.8 Å². The molecule has 0 N–H and O–H groups in total. The predicted octanol–water partition coefficient (Wildman–Crippen LogP) is 1.74. The quantitative estimate of drug-likeness (QED) is 0.489. The zero-order valence-corrected chi connectivity index (χ0v) is 10.0. The van der Waals surface area contributed by atoms with Crippen LogP contribution >= 0.6 is 0 Å². The smallest absolute Gasteiger partial charge is 0.211 e. The Bertz CT molecular complexity index is 354. The SMILES string of the molecule is CC(=O)C12OC1C(C)(C)CC(C)(C)C2=O. The van der Waals surface area contributed by atoms with Crippen LogP contribution in [0.1, 0.15) is 41.0 Å². The maximum Gasteiger partial charge on any atom is 0.211 e. The van der Waals surface area contributed by atoms with Crippen molar-refractivity contribution in [3.63, 3.8) is 0 Å². The fourth-order valence-corrected chi connectivity index (χ4v) is 3.28. The molecule has 0 amide bonds. The molecule has 2 rings (SSSR count). The van der Waals surface area contributed by atoms with E-state index in [1.54, 1.807) is 0 Å². The zero-order chi connectivity index (χ0) is 11.6. The zero-order valence-electron chi connectivity index (χ0n) is 10.0. The highest BCUT2D eigenvalue weighted by Crippen LogP contribution is 2.59. The van der Waals surface area contributed by atoms with Crippen molar-refractivity contribution >= 4 is 11.6 Å². The Morgan fingerprint density at radius 3 is 2.33 bits per heavy atom. The maximum absolute atomic E-state index is 12.2. The molecule has 0 aromatic carbocycles. The van der Waals surface area contributed by atoms with Crippen molar-refractivity contribution in [1.82, 2.24) is 0 Å². The molecule has 1 aliphatic carbocycles. The highest BCUT2D eigenvalue weighted by Gasteiger charge is 2.76. The van der Waals surface area contributed by atoms with Crippen LogP contribution in [-0.2, 0) is 14.3 Å².